The molecule has 0 atom stereocenters. The summed E-state index contributed by atoms with van der Waals surface area (Å²) < 4.78 is 0. The van der Waals surface area contributed by atoms with Crippen molar-refractivity contribution in [2.45, 2.75) is 63.7 Å². The summed E-state index contributed by atoms with van der Waals surface area (Å²) in [5, 5.41) is 0. The molecule has 103 valence electrons. The molecule has 0 radical (unpaired) electrons. The number of carbonyl (C=O) groups excluding carboxylic acids is 1. The number of hydrogen-bond donors (Lipinski definition) is 0. The quantitative estimate of drug-likeness (QED) is 0.330. The van der Waals surface area contributed by atoms with Crippen LogP contribution in [0.2, 0.25) is 4.89 Å². The van der Waals surface area contributed by atoms with Crippen LogP contribution in [0.3, 0.4) is 0 Å². The minimum absolute atomic E-state index is 0.0129. The SMILES string of the molecule is C=CC(=O)C(=C)CCCCC.CCCC[CH2][Pd]. The Morgan fingerprint density at radius 1 is 1.12 bits per heavy atom. The Labute approximate surface area is 118 Å². The maximum atomic E-state index is 10.9. The predicted molar refractivity (Wildman–Crippen MR) is 72.8 cm³/mol. The van der Waals surface area contributed by atoms with Crippen LogP contribution in [0.4, 0.5) is 0 Å². The molecule has 17 heavy (non-hydrogen) atoms. The second-order valence-corrected chi connectivity index (χ2v) is 4.77. The van der Waals surface area contributed by atoms with Crippen LogP contribution in [-0.4, -0.2) is 5.78 Å². The van der Waals surface area contributed by atoms with Gasteiger partial charge in [0, 0.05) is 0 Å². The van der Waals surface area contributed by atoms with E-state index in [4.69, 9.17) is 0 Å². The van der Waals surface area contributed by atoms with Gasteiger partial charge in [0.1, 0.15) is 0 Å². The van der Waals surface area contributed by atoms with Gasteiger partial charge in [-0.2, -0.15) is 0 Å². The third-order valence-corrected chi connectivity index (χ3v) is 2.88. The Balaban J connectivity index is 0. The van der Waals surface area contributed by atoms with Crippen molar-refractivity contribution in [1.82, 2.24) is 0 Å². The fourth-order valence-corrected chi connectivity index (χ4v) is 1.57. The standard InChI is InChI=1S/C10H16O.C5H11.Pd/c1-4-6-7-8-9(3)10(11)5-2;1-3-5-4-2;/h5H,2-4,6-8H2,1H3;1,3-5H2,2H3;. The normalized spacial score (nSPS) is 9.18. The van der Waals surface area contributed by atoms with E-state index in [9.17, 15) is 4.79 Å². The van der Waals surface area contributed by atoms with E-state index < -0.39 is 0 Å². The molecule has 0 saturated heterocycles. The summed E-state index contributed by atoms with van der Waals surface area (Å²) in [6, 6.07) is 0. The number of rotatable bonds is 9. The van der Waals surface area contributed by atoms with Gasteiger partial charge in [0.05, 0.1) is 0 Å². The summed E-state index contributed by atoms with van der Waals surface area (Å²) in [6.07, 6.45) is 9.61. The van der Waals surface area contributed by atoms with Crippen molar-refractivity contribution >= 4 is 5.78 Å². The molecule has 0 bridgehead atoms. The fraction of sp³-hybridized carbons (Fsp3) is 0.667. The van der Waals surface area contributed by atoms with Crippen LogP contribution in [0.5, 0.6) is 0 Å². The van der Waals surface area contributed by atoms with Crippen LogP contribution in [0.25, 0.3) is 0 Å². The molecule has 0 N–H and O–H groups in total. The maximum absolute atomic E-state index is 10.9. The van der Waals surface area contributed by atoms with Gasteiger partial charge >= 0.3 is 50.3 Å². The van der Waals surface area contributed by atoms with E-state index in [0.717, 1.165) is 12.8 Å². The van der Waals surface area contributed by atoms with Gasteiger partial charge in [-0.15, -0.1) is 0 Å². The molecule has 0 spiro atoms. The molecule has 0 aliphatic carbocycles. The zero-order valence-corrected chi connectivity index (χ0v) is 12.9. The Morgan fingerprint density at radius 3 is 2.00 bits per heavy atom. The molecular weight excluding hydrogens is 303 g/mol. The van der Waals surface area contributed by atoms with Gasteiger partial charge in [-0.05, 0) is 24.5 Å². The summed E-state index contributed by atoms with van der Waals surface area (Å²) in [5.41, 5.74) is 0.688. The molecule has 0 aliphatic heterocycles. The minimum atomic E-state index is -0.0129. The van der Waals surface area contributed by atoms with Crippen LogP contribution in [-0.2, 0) is 24.0 Å². The predicted octanol–water partition coefficient (Wildman–Crippen LogP) is 5.02. The Bertz CT molecular complexity index is 205. The van der Waals surface area contributed by atoms with E-state index in [1.807, 2.05) is 0 Å². The van der Waals surface area contributed by atoms with Crippen molar-refractivity contribution in [3.63, 3.8) is 0 Å². The van der Waals surface area contributed by atoms with E-state index in [2.05, 4.69) is 46.2 Å². The number of hydrogen-bond acceptors (Lipinski definition) is 1. The molecule has 0 aromatic rings. The van der Waals surface area contributed by atoms with Gasteiger partial charge in [0.2, 0.25) is 0 Å². The number of allylic oxidation sites excluding steroid dienone is 2. The molecule has 0 fully saturated rings. The monoisotopic (exact) mass is 329 g/mol. The van der Waals surface area contributed by atoms with Gasteiger partial charge in [-0.25, -0.2) is 0 Å². The summed E-state index contributed by atoms with van der Waals surface area (Å²) in [6.45, 7) is 11.4. The zero-order valence-electron chi connectivity index (χ0n) is 11.4. The molecule has 0 aromatic carbocycles. The van der Waals surface area contributed by atoms with E-state index in [1.165, 1.54) is 43.1 Å². The molecule has 0 saturated carbocycles. The van der Waals surface area contributed by atoms with Crippen LogP contribution >= 0.6 is 0 Å². The Hall–Kier alpha value is -0.188. The van der Waals surface area contributed by atoms with E-state index in [0.29, 0.717) is 5.57 Å². The van der Waals surface area contributed by atoms with Crippen molar-refractivity contribution < 1.29 is 24.0 Å². The van der Waals surface area contributed by atoms with Crippen molar-refractivity contribution in [1.29, 1.82) is 0 Å². The molecule has 0 aromatic heterocycles. The Kier molecular flexibility index (Phi) is 17.8. The third-order valence-electron chi connectivity index (χ3n) is 2.33. The molecule has 0 aliphatic rings. The fourth-order valence-electron chi connectivity index (χ4n) is 1.18. The average Bonchev–Trinajstić information content (AvgIpc) is 2.36. The average molecular weight is 330 g/mol. The van der Waals surface area contributed by atoms with Crippen molar-refractivity contribution in [3.8, 4) is 0 Å². The first kappa shape index (κ1) is 19.2. The van der Waals surface area contributed by atoms with E-state index >= 15 is 0 Å². The molecule has 0 unspecified atom stereocenters. The summed E-state index contributed by atoms with van der Waals surface area (Å²) in [5.74, 6) is -0.0129. The molecule has 0 rings (SSSR count). The first-order valence-electron chi connectivity index (χ1n) is 6.50. The number of unbranched alkanes of at least 4 members (excludes halogenated alkanes) is 4. The van der Waals surface area contributed by atoms with Crippen LogP contribution < -0.4 is 0 Å². The van der Waals surface area contributed by atoms with Crippen LogP contribution in [0.15, 0.2) is 24.8 Å². The van der Waals surface area contributed by atoms with Crippen molar-refractivity contribution in [2.24, 2.45) is 0 Å². The summed E-state index contributed by atoms with van der Waals surface area (Å²) >= 11 is 3.13. The van der Waals surface area contributed by atoms with Crippen molar-refractivity contribution in [3.05, 3.63) is 24.8 Å². The second kappa shape index (κ2) is 15.8. The molecular formula is C15H27OPd. The molecule has 0 amide bonds. The third kappa shape index (κ3) is 15.8. The molecule has 0 heterocycles. The van der Waals surface area contributed by atoms with Crippen LogP contribution in [0.1, 0.15) is 58.8 Å². The number of ketones is 1. The van der Waals surface area contributed by atoms with Gasteiger partial charge in [0.25, 0.3) is 0 Å². The van der Waals surface area contributed by atoms with E-state index in [1.54, 1.807) is 0 Å². The second-order valence-electron chi connectivity index (χ2n) is 3.99. The first-order valence-corrected chi connectivity index (χ1v) is 7.60. The van der Waals surface area contributed by atoms with Gasteiger partial charge in [-0.3, -0.25) is 4.79 Å². The van der Waals surface area contributed by atoms with Gasteiger partial charge in [0.15, 0.2) is 5.78 Å². The molecule has 2 heteroatoms. The van der Waals surface area contributed by atoms with Crippen LogP contribution in [0, 0.1) is 0 Å². The number of carbonyl (C=O) groups is 1. The van der Waals surface area contributed by atoms with Gasteiger partial charge < -0.3 is 0 Å². The van der Waals surface area contributed by atoms with Gasteiger partial charge in [-0.1, -0.05) is 32.9 Å². The summed E-state index contributed by atoms with van der Waals surface area (Å²) in [4.78, 5) is 12.1. The first-order chi connectivity index (χ1) is 8.13. The molecule has 1 nitrogen and oxygen atoms in total. The topological polar surface area (TPSA) is 17.1 Å². The van der Waals surface area contributed by atoms with Crippen molar-refractivity contribution in [2.75, 3.05) is 0 Å². The van der Waals surface area contributed by atoms with E-state index in [-0.39, 0.29) is 5.78 Å². The zero-order chi connectivity index (χ0) is 13.5. The summed E-state index contributed by atoms with van der Waals surface area (Å²) in [7, 11) is 0. The Morgan fingerprint density at radius 2 is 1.65 bits per heavy atom.